The molecule has 88 valence electrons. The van der Waals surface area contributed by atoms with E-state index < -0.39 is 28.2 Å². The Morgan fingerprint density at radius 3 is 2.56 bits per heavy atom. The van der Waals surface area contributed by atoms with E-state index in [9.17, 15) is 13.2 Å². The van der Waals surface area contributed by atoms with Crippen molar-refractivity contribution in [2.75, 3.05) is 5.75 Å². The lowest BCUT2D eigenvalue weighted by molar-refractivity contribution is -0.136. The monoisotopic (exact) mass is 244 g/mol. The van der Waals surface area contributed by atoms with Crippen LogP contribution in [0.1, 0.15) is 12.0 Å². The highest BCUT2D eigenvalue weighted by molar-refractivity contribution is 7.89. The lowest BCUT2D eigenvalue weighted by atomic mass is 10.3. The van der Waals surface area contributed by atoms with Crippen LogP contribution in [0.15, 0.2) is 24.5 Å². The van der Waals surface area contributed by atoms with Gasteiger partial charge in [0.25, 0.3) is 0 Å². The molecule has 0 saturated heterocycles. The van der Waals surface area contributed by atoms with Gasteiger partial charge in [-0.25, -0.2) is 13.1 Å². The number of aromatic nitrogens is 1. The van der Waals surface area contributed by atoms with Crippen LogP contribution in [-0.2, 0) is 21.4 Å². The summed E-state index contributed by atoms with van der Waals surface area (Å²) in [6.45, 7) is 0.143. The van der Waals surface area contributed by atoms with Crippen molar-refractivity contribution >= 4 is 16.0 Å². The van der Waals surface area contributed by atoms with Gasteiger partial charge < -0.3 is 5.11 Å². The second kappa shape index (κ2) is 5.57. The first-order chi connectivity index (χ1) is 7.49. The molecule has 1 heterocycles. The molecular weight excluding hydrogens is 232 g/mol. The van der Waals surface area contributed by atoms with E-state index in [2.05, 4.69) is 9.71 Å². The Balaban J connectivity index is 2.45. The number of carboxylic acids is 1. The lowest BCUT2D eigenvalue weighted by Crippen LogP contribution is -2.27. The topological polar surface area (TPSA) is 96.4 Å². The predicted octanol–water partition coefficient (Wildman–Crippen LogP) is -0.0243. The van der Waals surface area contributed by atoms with Crippen LogP contribution in [0.5, 0.6) is 0 Å². The molecule has 0 unspecified atom stereocenters. The molecule has 1 rings (SSSR count). The maximum absolute atomic E-state index is 11.3. The number of sulfonamides is 1. The van der Waals surface area contributed by atoms with E-state index in [1.165, 1.54) is 0 Å². The van der Waals surface area contributed by atoms with Gasteiger partial charge in [-0.1, -0.05) is 0 Å². The number of pyridine rings is 1. The summed E-state index contributed by atoms with van der Waals surface area (Å²) >= 11 is 0. The number of hydrogen-bond acceptors (Lipinski definition) is 4. The van der Waals surface area contributed by atoms with Crippen LogP contribution in [-0.4, -0.2) is 30.2 Å². The second-order valence-corrected chi connectivity index (χ2v) is 5.07. The Bertz CT molecular complexity index is 444. The molecule has 1 aromatic rings. The minimum absolute atomic E-state index is 0.143. The molecule has 0 spiro atoms. The first-order valence-electron chi connectivity index (χ1n) is 4.57. The van der Waals surface area contributed by atoms with Gasteiger partial charge in [-0.2, -0.15) is 0 Å². The molecule has 0 fully saturated rings. The van der Waals surface area contributed by atoms with Crippen molar-refractivity contribution in [3.05, 3.63) is 30.1 Å². The van der Waals surface area contributed by atoms with E-state index in [0.29, 0.717) is 0 Å². The van der Waals surface area contributed by atoms with Crippen molar-refractivity contribution in [2.24, 2.45) is 0 Å². The van der Waals surface area contributed by atoms with Gasteiger partial charge in [-0.05, 0) is 17.7 Å². The van der Waals surface area contributed by atoms with Crippen molar-refractivity contribution in [2.45, 2.75) is 13.0 Å². The average molecular weight is 244 g/mol. The van der Waals surface area contributed by atoms with Gasteiger partial charge in [-0.3, -0.25) is 9.78 Å². The van der Waals surface area contributed by atoms with Crippen LogP contribution in [0.3, 0.4) is 0 Å². The summed E-state index contributed by atoms with van der Waals surface area (Å²) in [5.41, 5.74) is 0.772. The molecule has 0 aliphatic rings. The zero-order valence-corrected chi connectivity index (χ0v) is 9.27. The Kier molecular flexibility index (Phi) is 4.39. The average Bonchev–Trinajstić information content (AvgIpc) is 2.26. The maximum Gasteiger partial charge on any atom is 0.304 e. The molecule has 0 aliphatic carbocycles. The number of nitrogens with one attached hydrogen (secondary N) is 1. The Hall–Kier alpha value is -1.47. The van der Waals surface area contributed by atoms with Crippen LogP contribution in [0.4, 0.5) is 0 Å². The molecule has 7 heteroatoms. The molecule has 16 heavy (non-hydrogen) atoms. The van der Waals surface area contributed by atoms with E-state index in [1.807, 2.05) is 0 Å². The van der Waals surface area contributed by atoms with Gasteiger partial charge in [0, 0.05) is 18.9 Å². The van der Waals surface area contributed by atoms with Gasteiger partial charge in [0.05, 0.1) is 12.2 Å². The zero-order valence-electron chi connectivity index (χ0n) is 8.46. The summed E-state index contributed by atoms with van der Waals surface area (Å²) in [4.78, 5) is 14.0. The molecule has 0 radical (unpaired) electrons. The van der Waals surface area contributed by atoms with E-state index in [1.54, 1.807) is 24.5 Å². The van der Waals surface area contributed by atoms with Crippen molar-refractivity contribution in [1.29, 1.82) is 0 Å². The third kappa shape index (κ3) is 4.85. The fourth-order valence-electron chi connectivity index (χ4n) is 0.988. The quantitative estimate of drug-likeness (QED) is 0.732. The van der Waals surface area contributed by atoms with Crippen LogP contribution < -0.4 is 4.72 Å². The first kappa shape index (κ1) is 12.6. The first-order valence-corrected chi connectivity index (χ1v) is 6.23. The largest absolute Gasteiger partial charge is 0.481 e. The smallest absolute Gasteiger partial charge is 0.304 e. The number of aliphatic carboxylic acids is 1. The molecule has 0 aliphatic heterocycles. The van der Waals surface area contributed by atoms with Gasteiger partial charge in [0.2, 0.25) is 10.0 Å². The molecule has 2 N–H and O–H groups in total. The number of nitrogens with zero attached hydrogens (tertiary/aromatic N) is 1. The predicted molar refractivity (Wildman–Crippen MR) is 57.1 cm³/mol. The van der Waals surface area contributed by atoms with Crippen LogP contribution in [0, 0.1) is 0 Å². The minimum atomic E-state index is -3.53. The molecular formula is C9H12N2O4S. The summed E-state index contributed by atoms with van der Waals surface area (Å²) < 4.78 is 24.9. The van der Waals surface area contributed by atoms with Crippen LogP contribution in [0.2, 0.25) is 0 Å². The Labute approximate surface area is 93.4 Å². The van der Waals surface area contributed by atoms with Crippen LogP contribution >= 0.6 is 0 Å². The Morgan fingerprint density at radius 1 is 1.38 bits per heavy atom. The summed E-state index contributed by atoms with van der Waals surface area (Å²) in [7, 11) is -3.53. The van der Waals surface area contributed by atoms with E-state index >= 15 is 0 Å². The number of rotatable bonds is 6. The number of carbonyl (C=O) groups is 1. The summed E-state index contributed by atoms with van der Waals surface area (Å²) in [5.74, 6) is -1.54. The summed E-state index contributed by atoms with van der Waals surface area (Å²) in [6, 6.07) is 3.36. The van der Waals surface area contributed by atoms with Crippen molar-refractivity contribution in [3.8, 4) is 0 Å². The zero-order chi connectivity index (χ0) is 12.0. The molecule has 0 aromatic carbocycles. The third-order valence-electron chi connectivity index (χ3n) is 1.83. The third-order valence-corrected chi connectivity index (χ3v) is 3.16. The molecule has 0 saturated carbocycles. The normalized spacial score (nSPS) is 11.2. The highest BCUT2D eigenvalue weighted by Crippen LogP contribution is 1.97. The van der Waals surface area contributed by atoms with Gasteiger partial charge in [0.15, 0.2) is 0 Å². The van der Waals surface area contributed by atoms with E-state index in [4.69, 9.17) is 5.11 Å². The van der Waals surface area contributed by atoms with Crippen molar-refractivity contribution in [1.82, 2.24) is 9.71 Å². The maximum atomic E-state index is 11.3. The van der Waals surface area contributed by atoms with Gasteiger partial charge in [-0.15, -0.1) is 0 Å². The molecule has 0 amide bonds. The molecule has 1 aromatic heterocycles. The molecule has 6 nitrogen and oxygen atoms in total. The minimum Gasteiger partial charge on any atom is -0.481 e. The summed E-state index contributed by atoms with van der Waals surface area (Å²) in [5, 5.41) is 8.36. The number of carboxylic acid groups (broad SMARTS) is 1. The summed E-state index contributed by atoms with van der Waals surface area (Å²) in [6.07, 6.45) is 2.72. The fourth-order valence-corrected chi connectivity index (χ4v) is 1.96. The second-order valence-electron chi connectivity index (χ2n) is 3.14. The SMILES string of the molecule is O=C(O)CCS(=O)(=O)NCc1ccncc1. The van der Waals surface area contributed by atoms with Crippen molar-refractivity contribution < 1.29 is 18.3 Å². The lowest BCUT2D eigenvalue weighted by Gasteiger charge is -2.04. The van der Waals surface area contributed by atoms with Crippen LogP contribution in [0.25, 0.3) is 0 Å². The molecule has 0 atom stereocenters. The van der Waals surface area contributed by atoms with Gasteiger partial charge >= 0.3 is 5.97 Å². The fraction of sp³-hybridized carbons (Fsp3) is 0.333. The standard InChI is InChI=1S/C9H12N2O4S/c12-9(13)3-6-16(14,15)11-7-8-1-4-10-5-2-8/h1-2,4-5,11H,3,6-7H2,(H,12,13). The highest BCUT2D eigenvalue weighted by Gasteiger charge is 2.11. The van der Waals surface area contributed by atoms with Gasteiger partial charge in [0.1, 0.15) is 0 Å². The highest BCUT2D eigenvalue weighted by atomic mass is 32.2. The van der Waals surface area contributed by atoms with E-state index in [-0.39, 0.29) is 6.54 Å². The molecule has 0 bridgehead atoms. The Morgan fingerprint density at radius 2 is 2.00 bits per heavy atom. The number of hydrogen-bond donors (Lipinski definition) is 2. The van der Waals surface area contributed by atoms with E-state index in [0.717, 1.165) is 5.56 Å². The van der Waals surface area contributed by atoms with Crippen molar-refractivity contribution in [3.63, 3.8) is 0 Å².